The van der Waals surface area contributed by atoms with Gasteiger partial charge in [0.05, 0.1) is 19.0 Å². The Morgan fingerprint density at radius 1 is 1.23 bits per heavy atom. The van der Waals surface area contributed by atoms with Crippen molar-refractivity contribution in [1.29, 1.82) is 0 Å². The van der Waals surface area contributed by atoms with Crippen molar-refractivity contribution in [2.75, 3.05) is 46.3 Å². The molecule has 0 bridgehead atoms. The van der Waals surface area contributed by atoms with Crippen LogP contribution in [0.5, 0.6) is 0 Å². The van der Waals surface area contributed by atoms with Crippen molar-refractivity contribution in [3.63, 3.8) is 0 Å². The van der Waals surface area contributed by atoms with Crippen molar-refractivity contribution in [1.82, 2.24) is 9.88 Å². The molecule has 0 aliphatic carbocycles. The number of fused-ring (bicyclic) bond motifs is 1. The highest BCUT2D eigenvalue weighted by Crippen LogP contribution is 2.23. The molecule has 0 spiro atoms. The van der Waals surface area contributed by atoms with Gasteiger partial charge in [-0.1, -0.05) is 23.9 Å². The van der Waals surface area contributed by atoms with Crippen LogP contribution >= 0.6 is 11.8 Å². The normalized spacial score (nSPS) is 11.0. The average Bonchev–Trinajstić information content (AvgIpc) is 2.95. The first-order valence-electron chi connectivity index (χ1n) is 6.98. The molecule has 7 heteroatoms. The van der Waals surface area contributed by atoms with Gasteiger partial charge in [0.2, 0.25) is 5.91 Å². The molecule has 1 heterocycles. The van der Waals surface area contributed by atoms with E-state index < -0.39 is 0 Å². The summed E-state index contributed by atoms with van der Waals surface area (Å²) in [6, 6.07) is 7.54. The molecule has 1 aromatic carbocycles. The molecule has 2 aromatic rings. The molecule has 0 fully saturated rings. The predicted octanol–water partition coefficient (Wildman–Crippen LogP) is 2.04. The van der Waals surface area contributed by atoms with Gasteiger partial charge >= 0.3 is 0 Å². The third-order valence-electron chi connectivity index (χ3n) is 3.08. The molecule has 1 amide bonds. The summed E-state index contributed by atoms with van der Waals surface area (Å²) in [6.45, 7) is 2.10. The van der Waals surface area contributed by atoms with Crippen molar-refractivity contribution in [3.05, 3.63) is 24.3 Å². The number of methoxy groups -OCH3 is 2. The van der Waals surface area contributed by atoms with Crippen LogP contribution in [0.25, 0.3) is 11.1 Å². The number of benzene rings is 1. The smallest absolute Gasteiger partial charge is 0.257 e. The molecular formula is C15H20N2O4S. The van der Waals surface area contributed by atoms with E-state index in [1.165, 1.54) is 11.8 Å². The number of aromatic nitrogens is 1. The first kappa shape index (κ1) is 16.8. The van der Waals surface area contributed by atoms with Gasteiger partial charge < -0.3 is 18.8 Å². The third-order valence-corrected chi connectivity index (χ3v) is 3.89. The van der Waals surface area contributed by atoms with Crippen molar-refractivity contribution in [3.8, 4) is 0 Å². The summed E-state index contributed by atoms with van der Waals surface area (Å²) in [5, 5.41) is 0.507. The van der Waals surface area contributed by atoms with Crippen LogP contribution in [-0.2, 0) is 14.3 Å². The monoisotopic (exact) mass is 324 g/mol. The maximum Gasteiger partial charge on any atom is 0.257 e. The maximum atomic E-state index is 12.3. The summed E-state index contributed by atoms with van der Waals surface area (Å²) >= 11 is 1.30. The van der Waals surface area contributed by atoms with Crippen LogP contribution in [0.1, 0.15) is 0 Å². The topological polar surface area (TPSA) is 64.8 Å². The van der Waals surface area contributed by atoms with Crippen LogP contribution in [0.4, 0.5) is 0 Å². The Morgan fingerprint density at radius 2 is 1.91 bits per heavy atom. The minimum absolute atomic E-state index is 0.0151. The fraction of sp³-hybridized carbons (Fsp3) is 0.467. The van der Waals surface area contributed by atoms with Crippen LogP contribution in [0.15, 0.2) is 33.9 Å². The van der Waals surface area contributed by atoms with Gasteiger partial charge in [0.1, 0.15) is 5.52 Å². The van der Waals surface area contributed by atoms with Gasteiger partial charge in [-0.05, 0) is 12.1 Å². The second kappa shape index (κ2) is 8.77. The Kier molecular flexibility index (Phi) is 6.70. The van der Waals surface area contributed by atoms with E-state index in [9.17, 15) is 4.79 Å². The summed E-state index contributed by atoms with van der Waals surface area (Å²) in [4.78, 5) is 18.3. The summed E-state index contributed by atoms with van der Waals surface area (Å²) < 4.78 is 15.7. The summed E-state index contributed by atoms with van der Waals surface area (Å²) in [5.41, 5.74) is 1.53. The Labute approximate surface area is 133 Å². The van der Waals surface area contributed by atoms with E-state index in [-0.39, 0.29) is 11.7 Å². The standard InChI is InChI=1S/C15H20N2O4S/c1-19-9-7-17(8-10-20-2)14(18)11-22-15-16-12-5-3-4-6-13(12)21-15/h3-6H,7-11H2,1-2H3. The fourth-order valence-electron chi connectivity index (χ4n) is 1.89. The van der Waals surface area contributed by atoms with Crippen LogP contribution in [-0.4, -0.2) is 62.1 Å². The molecule has 0 radical (unpaired) electrons. The zero-order valence-electron chi connectivity index (χ0n) is 12.8. The van der Waals surface area contributed by atoms with Gasteiger partial charge in [-0.25, -0.2) is 4.98 Å². The molecule has 0 aliphatic heterocycles. The molecule has 0 saturated heterocycles. The van der Waals surface area contributed by atoms with Gasteiger partial charge in [-0.2, -0.15) is 0 Å². The number of carbonyl (C=O) groups is 1. The largest absolute Gasteiger partial charge is 0.431 e. The van der Waals surface area contributed by atoms with E-state index in [1.54, 1.807) is 19.1 Å². The fourth-order valence-corrected chi connectivity index (χ4v) is 2.63. The highest BCUT2D eigenvalue weighted by molar-refractivity contribution is 7.99. The van der Waals surface area contributed by atoms with E-state index in [0.717, 1.165) is 11.1 Å². The zero-order valence-corrected chi connectivity index (χ0v) is 13.6. The molecule has 1 aromatic heterocycles. The maximum absolute atomic E-state index is 12.3. The van der Waals surface area contributed by atoms with Gasteiger partial charge in [0.25, 0.3) is 5.22 Å². The number of oxazole rings is 1. The Hall–Kier alpha value is -1.57. The van der Waals surface area contributed by atoms with Crippen LogP contribution in [0.3, 0.4) is 0 Å². The highest BCUT2D eigenvalue weighted by atomic mass is 32.2. The lowest BCUT2D eigenvalue weighted by molar-refractivity contribution is -0.129. The molecule has 0 saturated carbocycles. The van der Waals surface area contributed by atoms with Crippen LogP contribution in [0, 0.1) is 0 Å². The molecule has 6 nitrogen and oxygen atoms in total. The number of hydrogen-bond acceptors (Lipinski definition) is 6. The van der Waals surface area contributed by atoms with Gasteiger partial charge in [-0.15, -0.1) is 0 Å². The van der Waals surface area contributed by atoms with E-state index in [4.69, 9.17) is 13.9 Å². The number of thioether (sulfide) groups is 1. The summed E-state index contributed by atoms with van der Waals surface area (Å²) in [7, 11) is 3.23. The van der Waals surface area contributed by atoms with Gasteiger partial charge in [-0.3, -0.25) is 4.79 Å². The summed E-state index contributed by atoms with van der Waals surface area (Å²) in [5.74, 6) is 0.293. The number of ether oxygens (including phenoxy) is 2. The van der Waals surface area contributed by atoms with E-state index >= 15 is 0 Å². The van der Waals surface area contributed by atoms with E-state index in [0.29, 0.717) is 31.5 Å². The number of carbonyl (C=O) groups excluding carboxylic acids is 1. The number of nitrogens with zero attached hydrogens (tertiary/aromatic N) is 2. The van der Waals surface area contributed by atoms with Crippen LogP contribution < -0.4 is 0 Å². The van der Waals surface area contributed by atoms with E-state index in [1.807, 2.05) is 24.3 Å². The number of para-hydroxylation sites is 2. The molecule has 0 N–H and O–H groups in total. The zero-order chi connectivity index (χ0) is 15.8. The van der Waals surface area contributed by atoms with Gasteiger partial charge in [0, 0.05) is 27.3 Å². The number of amides is 1. The summed E-state index contributed by atoms with van der Waals surface area (Å²) in [6.07, 6.45) is 0. The second-order valence-corrected chi connectivity index (χ2v) is 5.53. The minimum Gasteiger partial charge on any atom is -0.431 e. The lowest BCUT2D eigenvalue weighted by Gasteiger charge is -2.21. The quantitative estimate of drug-likeness (QED) is 0.658. The predicted molar refractivity (Wildman–Crippen MR) is 85.1 cm³/mol. The Balaban J connectivity index is 1.90. The Morgan fingerprint density at radius 3 is 2.55 bits per heavy atom. The minimum atomic E-state index is 0.0151. The lowest BCUT2D eigenvalue weighted by Crippen LogP contribution is -2.37. The SMILES string of the molecule is COCCN(CCOC)C(=O)CSc1nc2ccccc2o1. The number of hydrogen-bond donors (Lipinski definition) is 0. The molecule has 0 aliphatic rings. The van der Waals surface area contributed by atoms with Crippen LogP contribution in [0.2, 0.25) is 0 Å². The van der Waals surface area contributed by atoms with Gasteiger partial charge in [0.15, 0.2) is 5.58 Å². The van der Waals surface area contributed by atoms with Crippen molar-refractivity contribution in [2.24, 2.45) is 0 Å². The third kappa shape index (κ3) is 4.72. The molecule has 0 unspecified atom stereocenters. The molecule has 22 heavy (non-hydrogen) atoms. The first-order chi connectivity index (χ1) is 10.7. The molecule has 2 rings (SSSR count). The second-order valence-electron chi connectivity index (χ2n) is 4.60. The van der Waals surface area contributed by atoms with E-state index in [2.05, 4.69) is 4.98 Å². The van der Waals surface area contributed by atoms with Crippen molar-refractivity contribution >= 4 is 28.8 Å². The molecule has 120 valence electrons. The van der Waals surface area contributed by atoms with Crippen molar-refractivity contribution in [2.45, 2.75) is 5.22 Å². The highest BCUT2D eigenvalue weighted by Gasteiger charge is 2.15. The average molecular weight is 324 g/mol. The Bertz CT molecular complexity index is 561. The molecule has 0 atom stereocenters. The van der Waals surface area contributed by atoms with Crippen molar-refractivity contribution < 1.29 is 18.7 Å². The number of rotatable bonds is 9. The first-order valence-corrected chi connectivity index (χ1v) is 7.97. The molecular weight excluding hydrogens is 304 g/mol. The lowest BCUT2D eigenvalue weighted by atomic mass is 10.3.